The fourth-order valence-electron chi connectivity index (χ4n) is 1.41. The second-order valence-electron chi connectivity index (χ2n) is 3.89. The summed E-state index contributed by atoms with van der Waals surface area (Å²) >= 11 is 0. The van der Waals surface area contributed by atoms with Crippen molar-refractivity contribution in [1.29, 1.82) is 0 Å². The minimum absolute atomic E-state index is 0.0913. The molecule has 0 bridgehead atoms. The van der Waals surface area contributed by atoms with Gasteiger partial charge in [0.2, 0.25) is 19.4 Å². The van der Waals surface area contributed by atoms with Crippen LogP contribution in [0.1, 0.15) is 0 Å². The maximum absolute atomic E-state index is 11.6. The summed E-state index contributed by atoms with van der Waals surface area (Å²) in [6.45, 7) is 0. The quantitative estimate of drug-likeness (QED) is 0.568. The van der Waals surface area contributed by atoms with Crippen molar-refractivity contribution >= 4 is 41.6 Å². The Bertz CT molecular complexity index is 523. The zero-order valence-electron chi connectivity index (χ0n) is 10.6. The first-order valence-corrected chi connectivity index (χ1v) is 7.98. The van der Waals surface area contributed by atoms with Gasteiger partial charge in [0.15, 0.2) is 0 Å². The van der Waals surface area contributed by atoms with Crippen LogP contribution in [0.2, 0.25) is 0 Å². The lowest BCUT2D eigenvalue weighted by atomic mass is 10.4. The van der Waals surface area contributed by atoms with Gasteiger partial charge in [0, 0.05) is 0 Å². The first kappa shape index (κ1) is 14.2. The Kier molecular flexibility index (Phi) is 5.27. The van der Waals surface area contributed by atoms with Gasteiger partial charge in [-0.3, -0.25) is 9.59 Å². The maximum atomic E-state index is 11.6. The first-order chi connectivity index (χ1) is 9.75. The molecule has 0 saturated heterocycles. The average Bonchev–Trinajstić information content (AvgIpc) is 2.52. The van der Waals surface area contributed by atoms with Crippen molar-refractivity contribution in [3.8, 4) is 0 Å². The molecule has 0 aliphatic heterocycles. The molecule has 98 valence electrons. The highest BCUT2D eigenvalue weighted by molar-refractivity contribution is 6.62. The summed E-state index contributed by atoms with van der Waals surface area (Å²) in [6.07, 6.45) is 0. The van der Waals surface area contributed by atoms with E-state index in [0.717, 1.165) is 10.4 Å². The smallest absolute Gasteiger partial charge is 0.300 e. The van der Waals surface area contributed by atoms with Crippen LogP contribution in [0.4, 0.5) is 0 Å². The number of hydrogen-bond acceptors (Lipinski definition) is 2. The topological polar surface area (TPSA) is 58.2 Å². The van der Waals surface area contributed by atoms with E-state index in [2.05, 4.69) is 9.96 Å². The Morgan fingerprint density at radius 3 is 1.35 bits per heavy atom. The molecule has 6 heteroatoms. The first-order valence-electron chi connectivity index (χ1n) is 5.98. The Hall–Kier alpha value is -2.19. The Morgan fingerprint density at radius 2 is 1.00 bits per heavy atom. The third-order valence-electron chi connectivity index (χ3n) is 2.39. The van der Waals surface area contributed by atoms with Gasteiger partial charge < -0.3 is 9.96 Å². The van der Waals surface area contributed by atoms with E-state index in [1.54, 1.807) is 0 Å². The molecule has 0 atom stereocenters. The van der Waals surface area contributed by atoms with E-state index in [0.29, 0.717) is 0 Å². The number of amides is 2. The molecule has 0 aliphatic carbocycles. The summed E-state index contributed by atoms with van der Waals surface area (Å²) in [7, 11) is 0.183. The molecule has 2 aromatic carbocycles. The molecule has 2 rings (SSSR count). The van der Waals surface area contributed by atoms with Gasteiger partial charge in [0.05, 0.1) is 0 Å². The van der Waals surface area contributed by atoms with Crippen LogP contribution in [0.25, 0.3) is 0 Å². The molecule has 20 heavy (non-hydrogen) atoms. The number of nitrogens with one attached hydrogen (secondary N) is 2. The van der Waals surface area contributed by atoms with Gasteiger partial charge in [-0.1, -0.05) is 60.7 Å². The van der Waals surface area contributed by atoms with Crippen LogP contribution in [0.15, 0.2) is 60.7 Å². The van der Waals surface area contributed by atoms with Crippen LogP contribution >= 0.6 is 0 Å². The van der Waals surface area contributed by atoms with E-state index >= 15 is 0 Å². The standard InChI is InChI=1S/C14H12N2O2Si2/c17-13(15-19-11-7-3-1-4-8-11)14(18)16-20-12-9-5-2-6-10-12/h1-10H,(H,15,17)(H,16,18). The Balaban J connectivity index is 1.76. The van der Waals surface area contributed by atoms with E-state index in [-0.39, 0.29) is 19.4 Å². The van der Waals surface area contributed by atoms with Crippen LogP contribution in [0.5, 0.6) is 0 Å². The lowest BCUT2D eigenvalue weighted by Crippen LogP contribution is -2.47. The summed E-state index contributed by atoms with van der Waals surface area (Å²) in [6, 6.07) is 19.0. The number of hydrogen-bond donors (Lipinski definition) is 2. The highest BCUT2D eigenvalue weighted by atomic mass is 28.2. The van der Waals surface area contributed by atoms with Crippen molar-refractivity contribution < 1.29 is 9.59 Å². The zero-order valence-corrected chi connectivity index (χ0v) is 12.6. The number of rotatable bonds is 4. The van der Waals surface area contributed by atoms with Gasteiger partial charge >= 0.3 is 11.8 Å². The Labute approximate surface area is 122 Å². The minimum Gasteiger partial charge on any atom is -0.370 e. The van der Waals surface area contributed by atoms with Crippen molar-refractivity contribution in [3.63, 3.8) is 0 Å². The summed E-state index contributed by atoms with van der Waals surface area (Å²) < 4.78 is 0. The zero-order chi connectivity index (χ0) is 14.2. The third-order valence-corrected chi connectivity index (χ3v) is 4.34. The SMILES string of the molecule is O=C(N[Si]c1ccccc1)C(=O)N[Si]c1ccccc1. The van der Waals surface area contributed by atoms with E-state index in [1.807, 2.05) is 60.7 Å². The molecule has 4 nitrogen and oxygen atoms in total. The van der Waals surface area contributed by atoms with E-state index in [1.165, 1.54) is 0 Å². The highest BCUT2D eigenvalue weighted by Crippen LogP contribution is 1.81. The second-order valence-corrected chi connectivity index (χ2v) is 6.04. The Morgan fingerprint density at radius 1 is 0.650 bits per heavy atom. The minimum atomic E-state index is -0.601. The van der Waals surface area contributed by atoms with Gasteiger partial charge in [-0.2, -0.15) is 0 Å². The largest absolute Gasteiger partial charge is 0.370 e. The van der Waals surface area contributed by atoms with Gasteiger partial charge in [-0.05, 0) is 10.4 Å². The van der Waals surface area contributed by atoms with E-state index < -0.39 is 11.8 Å². The lowest BCUT2D eigenvalue weighted by molar-refractivity contribution is -0.137. The highest BCUT2D eigenvalue weighted by Gasteiger charge is 2.13. The summed E-state index contributed by atoms with van der Waals surface area (Å²) in [5.74, 6) is -1.20. The molecule has 0 saturated carbocycles. The molecule has 0 aromatic heterocycles. The molecule has 0 heterocycles. The van der Waals surface area contributed by atoms with Crippen LogP contribution in [-0.2, 0) is 9.59 Å². The lowest BCUT2D eigenvalue weighted by Gasteiger charge is -2.04. The van der Waals surface area contributed by atoms with Crippen molar-refractivity contribution in [2.75, 3.05) is 0 Å². The third kappa shape index (κ3) is 4.49. The fourth-order valence-corrected chi connectivity index (χ4v) is 2.88. The van der Waals surface area contributed by atoms with Crippen molar-refractivity contribution in [3.05, 3.63) is 60.7 Å². The summed E-state index contributed by atoms with van der Waals surface area (Å²) in [4.78, 5) is 28.5. The van der Waals surface area contributed by atoms with Crippen LogP contribution in [-0.4, -0.2) is 31.2 Å². The normalized spacial score (nSPS) is 9.80. The maximum Gasteiger partial charge on any atom is 0.300 e. The molecule has 2 N–H and O–H groups in total. The summed E-state index contributed by atoms with van der Waals surface area (Å²) in [5.41, 5.74) is 0. The van der Waals surface area contributed by atoms with Gasteiger partial charge in [-0.25, -0.2) is 0 Å². The molecule has 2 amide bonds. The van der Waals surface area contributed by atoms with E-state index in [9.17, 15) is 9.59 Å². The molecule has 0 unspecified atom stereocenters. The van der Waals surface area contributed by atoms with Gasteiger partial charge in [0.25, 0.3) is 0 Å². The molecular formula is C14H12N2O2Si2. The number of benzene rings is 2. The van der Waals surface area contributed by atoms with Crippen molar-refractivity contribution in [2.24, 2.45) is 0 Å². The number of carbonyl (C=O) groups is 2. The van der Waals surface area contributed by atoms with Crippen LogP contribution in [0.3, 0.4) is 0 Å². The molecule has 4 radical (unpaired) electrons. The second kappa shape index (κ2) is 7.41. The summed E-state index contributed by atoms with van der Waals surface area (Å²) in [5, 5.41) is 1.97. The molecule has 0 fully saturated rings. The average molecular weight is 296 g/mol. The molecule has 0 spiro atoms. The fraction of sp³-hybridized carbons (Fsp3) is 0. The van der Waals surface area contributed by atoms with Crippen LogP contribution < -0.4 is 20.3 Å². The molecule has 0 aliphatic rings. The van der Waals surface area contributed by atoms with Crippen molar-refractivity contribution in [1.82, 2.24) is 9.96 Å². The predicted molar refractivity (Wildman–Crippen MR) is 79.9 cm³/mol. The van der Waals surface area contributed by atoms with Crippen LogP contribution in [0, 0.1) is 0 Å². The number of carbonyl (C=O) groups excluding carboxylic acids is 2. The van der Waals surface area contributed by atoms with E-state index in [4.69, 9.17) is 0 Å². The van der Waals surface area contributed by atoms with Crippen molar-refractivity contribution in [2.45, 2.75) is 0 Å². The predicted octanol–water partition coefficient (Wildman–Crippen LogP) is -0.892. The molecule has 2 aromatic rings. The van der Waals surface area contributed by atoms with Gasteiger partial charge in [0.1, 0.15) is 0 Å². The van der Waals surface area contributed by atoms with Gasteiger partial charge in [-0.15, -0.1) is 0 Å². The molecular weight excluding hydrogens is 284 g/mol. The monoisotopic (exact) mass is 296 g/mol.